The van der Waals surface area contributed by atoms with Crippen molar-refractivity contribution in [3.63, 3.8) is 0 Å². The number of nitrogens with one attached hydrogen (secondary N) is 1. The van der Waals surface area contributed by atoms with Gasteiger partial charge in [0, 0.05) is 16.6 Å². The van der Waals surface area contributed by atoms with E-state index in [1.54, 1.807) is 36.4 Å². The van der Waals surface area contributed by atoms with E-state index in [1.165, 1.54) is 0 Å². The minimum atomic E-state index is -0.610. The van der Waals surface area contributed by atoms with E-state index in [-0.39, 0.29) is 0 Å². The molecule has 174 valence electrons. The summed E-state index contributed by atoms with van der Waals surface area (Å²) in [5.41, 5.74) is 2.97. The summed E-state index contributed by atoms with van der Waals surface area (Å²) in [4.78, 5) is 30.0. The maximum atomic E-state index is 13.0. The number of anilines is 1. The van der Waals surface area contributed by atoms with Gasteiger partial charge in [-0.05, 0) is 60.8 Å². The summed E-state index contributed by atoms with van der Waals surface area (Å²) in [5, 5.41) is 4.19. The molecule has 35 heavy (non-hydrogen) atoms. The molecule has 0 bridgehead atoms. The molecule has 0 saturated heterocycles. The fourth-order valence-corrected chi connectivity index (χ4v) is 3.88. The average Bonchev–Trinajstić information content (AvgIpc) is 3.32. The molecule has 5 rings (SSSR count). The van der Waals surface area contributed by atoms with E-state index in [0.717, 1.165) is 10.9 Å². The minimum absolute atomic E-state index is 0.328. The Morgan fingerprint density at radius 2 is 1.69 bits per heavy atom. The number of amides is 1. The van der Waals surface area contributed by atoms with Gasteiger partial charge in [-0.3, -0.25) is 4.79 Å². The van der Waals surface area contributed by atoms with Gasteiger partial charge in [0.15, 0.2) is 12.2 Å². The molecule has 0 aliphatic carbocycles. The van der Waals surface area contributed by atoms with E-state index in [1.807, 2.05) is 55.5 Å². The van der Waals surface area contributed by atoms with Gasteiger partial charge in [0.1, 0.15) is 11.3 Å². The molecular formula is C28H22N2O5. The fourth-order valence-electron chi connectivity index (χ4n) is 3.88. The van der Waals surface area contributed by atoms with Crippen LogP contribution in [-0.2, 0) is 9.53 Å². The number of oxazole rings is 1. The number of hydrogen-bond donors (Lipinski definition) is 1. The van der Waals surface area contributed by atoms with Gasteiger partial charge in [0.25, 0.3) is 5.91 Å². The molecule has 1 N–H and O–H groups in total. The molecule has 0 fully saturated rings. The predicted octanol–water partition coefficient (Wildman–Crippen LogP) is 5.84. The maximum absolute atomic E-state index is 13.0. The summed E-state index contributed by atoms with van der Waals surface area (Å²) in [6.07, 6.45) is 0. The van der Waals surface area contributed by atoms with Gasteiger partial charge < -0.3 is 19.2 Å². The number of carbonyl (C=O) groups excluding carboxylic acids is 2. The summed E-state index contributed by atoms with van der Waals surface area (Å²) in [5.74, 6) is 0.0656. The molecule has 1 aromatic heterocycles. The highest BCUT2D eigenvalue weighted by Gasteiger charge is 2.19. The van der Waals surface area contributed by atoms with Crippen molar-refractivity contribution < 1.29 is 23.5 Å². The summed E-state index contributed by atoms with van der Waals surface area (Å²) >= 11 is 0. The van der Waals surface area contributed by atoms with Gasteiger partial charge >= 0.3 is 5.97 Å². The van der Waals surface area contributed by atoms with Gasteiger partial charge in [-0.1, -0.05) is 36.4 Å². The van der Waals surface area contributed by atoms with Crippen molar-refractivity contribution in [3.8, 4) is 17.2 Å². The molecule has 0 aliphatic rings. The number of ether oxygens (including phenoxy) is 2. The van der Waals surface area contributed by atoms with Gasteiger partial charge in [-0.2, -0.15) is 0 Å². The van der Waals surface area contributed by atoms with Gasteiger partial charge in [0.05, 0.1) is 12.2 Å². The number of rotatable bonds is 7. The standard InChI is InChI=1S/C28H22N2O5/c1-2-33-20-15-13-19(14-16-20)29-25(31)17-34-28(32)22-10-6-8-18-7-5-9-21(26(18)22)27-30-23-11-3-4-12-24(23)35-27/h3-16H,2,17H2,1H3,(H,29,31). The SMILES string of the molecule is CCOc1ccc(NC(=O)COC(=O)c2cccc3cccc(-c4nc5ccccc5o4)c23)cc1. The number of nitrogens with zero attached hydrogens (tertiary/aromatic N) is 1. The van der Waals surface area contributed by atoms with E-state index >= 15 is 0 Å². The molecule has 4 aromatic carbocycles. The smallest absolute Gasteiger partial charge is 0.339 e. The molecule has 0 radical (unpaired) electrons. The molecule has 0 unspecified atom stereocenters. The van der Waals surface area contributed by atoms with E-state index in [4.69, 9.17) is 13.9 Å². The van der Waals surface area contributed by atoms with Crippen LogP contribution in [0.25, 0.3) is 33.3 Å². The zero-order chi connectivity index (χ0) is 24.2. The van der Waals surface area contributed by atoms with Gasteiger partial charge in [-0.25, -0.2) is 9.78 Å². The monoisotopic (exact) mass is 466 g/mol. The number of carbonyl (C=O) groups is 2. The first-order valence-electron chi connectivity index (χ1n) is 11.2. The Kier molecular flexibility index (Phi) is 6.13. The summed E-state index contributed by atoms with van der Waals surface area (Å²) in [6, 6.07) is 25.4. The van der Waals surface area contributed by atoms with Crippen LogP contribution in [0.5, 0.6) is 5.75 Å². The molecule has 0 spiro atoms. The minimum Gasteiger partial charge on any atom is -0.494 e. The highest BCUT2D eigenvalue weighted by atomic mass is 16.5. The Balaban J connectivity index is 1.36. The van der Waals surface area contributed by atoms with E-state index in [9.17, 15) is 9.59 Å². The molecule has 7 nitrogen and oxygen atoms in total. The first kappa shape index (κ1) is 22.2. The van der Waals surface area contributed by atoms with Crippen molar-refractivity contribution in [1.82, 2.24) is 4.98 Å². The largest absolute Gasteiger partial charge is 0.494 e. The van der Waals surface area contributed by atoms with Crippen molar-refractivity contribution in [2.75, 3.05) is 18.5 Å². The molecule has 1 amide bonds. The fraction of sp³-hybridized carbons (Fsp3) is 0.107. The lowest BCUT2D eigenvalue weighted by atomic mass is 9.99. The third kappa shape index (κ3) is 4.70. The van der Waals surface area contributed by atoms with Crippen LogP contribution in [0, 0.1) is 0 Å². The predicted molar refractivity (Wildman–Crippen MR) is 133 cm³/mol. The molecule has 0 saturated carbocycles. The Morgan fingerprint density at radius 1 is 0.914 bits per heavy atom. The maximum Gasteiger partial charge on any atom is 0.339 e. The quantitative estimate of drug-likeness (QED) is 0.303. The van der Waals surface area contributed by atoms with Crippen molar-refractivity contribution in [3.05, 3.63) is 90.5 Å². The van der Waals surface area contributed by atoms with Crippen molar-refractivity contribution in [1.29, 1.82) is 0 Å². The van der Waals surface area contributed by atoms with Crippen molar-refractivity contribution in [2.24, 2.45) is 0 Å². The number of benzene rings is 4. The molecule has 5 aromatic rings. The topological polar surface area (TPSA) is 90.7 Å². The van der Waals surface area contributed by atoms with E-state index in [0.29, 0.717) is 46.0 Å². The Bertz CT molecular complexity index is 1480. The van der Waals surface area contributed by atoms with Crippen LogP contribution >= 0.6 is 0 Å². The summed E-state index contributed by atoms with van der Waals surface area (Å²) in [6.45, 7) is 2.04. The second-order valence-corrected chi connectivity index (χ2v) is 7.78. The number of fused-ring (bicyclic) bond motifs is 2. The van der Waals surface area contributed by atoms with Gasteiger partial charge in [0.2, 0.25) is 5.89 Å². The lowest BCUT2D eigenvalue weighted by Crippen LogP contribution is -2.21. The lowest BCUT2D eigenvalue weighted by Gasteiger charge is -2.11. The third-order valence-electron chi connectivity index (χ3n) is 5.43. The normalized spacial score (nSPS) is 10.9. The van der Waals surface area contributed by atoms with Crippen LogP contribution in [0.4, 0.5) is 5.69 Å². The Morgan fingerprint density at radius 3 is 2.46 bits per heavy atom. The van der Waals surface area contributed by atoms with Crippen LogP contribution in [0.1, 0.15) is 17.3 Å². The van der Waals surface area contributed by atoms with Crippen LogP contribution in [0.2, 0.25) is 0 Å². The second-order valence-electron chi connectivity index (χ2n) is 7.78. The molecule has 0 aliphatic heterocycles. The zero-order valence-corrected chi connectivity index (χ0v) is 19.0. The zero-order valence-electron chi connectivity index (χ0n) is 19.0. The van der Waals surface area contributed by atoms with Crippen molar-refractivity contribution in [2.45, 2.75) is 6.92 Å². The van der Waals surface area contributed by atoms with Crippen LogP contribution in [0.15, 0.2) is 89.3 Å². The van der Waals surface area contributed by atoms with Crippen LogP contribution < -0.4 is 10.1 Å². The van der Waals surface area contributed by atoms with E-state index in [2.05, 4.69) is 10.3 Å². The summed E-state index contributed by atoms with van der Waals surface area (Å²) in [7, 11) is 0. The number of aromatic nitrogens is 1. The molecule has 7 heteroatoms. The first-order chi connectivity index (χ1) is 17.1. The second kappa shape index (κ2) is 9.69. The summed E-state index contributed by atoms with van der Waals surface area (Å²) < 4.78 is 16.7. The third-order valence-corrected chi connectivity index (χ3v) is 5.43. The number of para-hydroxylation sites is 2. The molecular weight excluding hydrogens is 444 g/mol. The van der Waals surface area contributed by atoms with Crippen LogP contribution in [0.3, 0.4) is 0 Å². The van der Waals surface area contributed by atoms with Crippen LogP contribution in [-0.4, -0.2) is 30.1 Å². The first-order valence-corrected chi connectivity index (χ1v) is 11.2. The average molecular weight is 466 g/mol. The highest BCUT2D eigenvalue weighted by molar-refractivity contribution is 6.10. The van der Waals surface area contributed by atoms with E-state index < -0.39 is 18.5 Å². The Hall–Kier alpha value is -4.65. The Labute approximate surface area is 201 Å². The molecule has 0 atom stereocenters. The number of esters is 1. The lowest BCUT2D eigenvalue weighted by molar-refractivity contribution is -0.119. The van der Waals surface area contributed by atoms with Gasteiger partial charge in [-0.15, -0.1) is 0 Å². The van der Waals surface area contributed by atoms with Crippen molar-refractivity contribution >= 4 is 39.4 Å². The highest BCUT2D eigenvalue weighted by Crippen LogP contribution is 2.33. The number of hydrogen-bond acceptors (Lipinski definition) is 6. The molecule has 1 heterocycles.